The van der Waals surface area contributed by atoms with Gasteiger partial charge in [0.2, 0.25) is 0 Å². The van der Waals surface area contributed by atoms with Crippen LogP contribution in [0.3, 0.4) is 0 Å². The van der Waals surface area contributed by atoms with Gasteiger partial charge in [-0.25, -0.2) is 4.79 Å². The summed E-state index contributed by atoms with van der Waals surface area (Å²) in [6, 6.07) is -1.50. The Morgan fingerprint density at radius 2 is 1.63 bits per heavy atom. The summed E-state index contributed by atoms with van der Waals surface area (Å²) in [5.74, 6) is -6.25. The highest BCUT2D eigenvalue weighted by Crippen LogP contribution is 2.17. The molecule has 0 aliphatic carbocycles. The van der Waals surface area contributed by atoms with Crippen molar-refractivity contribution >= 4 is 23.9 Å². The summed E-state index contributed by atoms with van der Waals surface area (Å²) >= 11 is 0. The van der Waals surface area contributed by atoms with Crippen molar-refractivity contribution in [3.63, 3.8) is 0 Å². The molecule has 2 atom stereocenters. The fourth-order valence-corrected chi connectivity index (χ4v) is 1.01. The maximum absolute atomic E-state index is 11.2. The Balaban J connectivity index is 4.53. The number of hydrogen-bond acceptors (Lipinski definition) is 7. The SMILES string of the molecule is NC(COC(=O)CC(O)(CC(=O)O)C(=O)O)C(=O)O. The zero-order chi connectivity index (χ0) is 15.2. The fourth-order valence-electron chi connectivity index (χ4n) is 1.01. The van der Waals surface area contributed by atoms with Crippen LogP contribution in [-0.2, 0) is 23.9 Å². The number of hydrogen-bond donors (Lipinski definition) is 5. The Morgan fingerprint density at radius 1 is 1.11 bits per heavy atom. The molecule has 0 spiro atoms. The normalized spacial score (nSPS) is 15.1. The molecule has 0 aliphatic rings. The van der Waals surface area contributed by atoms with Crippen molar-refractivity contribution in [2.24, 2.45) is 5.73 Å². The first-order chi connectivity index (χ1) is 8.58. The molecule has 0 radical (unpaired) electrons. The van der Waals surface area contributed by atoms with Crippen LogP contribution in [0.5, 0.6) is 0 Å². The van der Waals surface area contributed by atoms with Crippen molar-refractivity contribution in [1.29, 1.82) is 0 Å². The number of nitrogens with two attached hydrogens (primary N) is 1. The first-order valence-electron chi connectivity index (χ1n) is 4.90. The molecule has 0 aromatic carbocycles. The highest BCUT2D eigenvalue weighted by atomic mass is 16.5. The van der Waals surface area contributed by atoms with Crippen molar-refractivity contribution < 1.29 is 44.3 Å². The molecule has 0 bridgehead atoms. The van der Waals surface area contributed by atoms with Gasteiger partial charge in [0.1, 0.15) is 12.6 Å². The number of carbonyl (C=O) groups is 4. The van der Waals surface area contributed by atoms with E-state index in [2.05, 4.69) is 4.74 Å². The first kappa shape index (κ1) is 16.8. The van der Waals surface area contributed by atoms with Gasteiger partial charge in [-0.05, 0) is 0 Å². The van der Waals surface area contributed by atoms with E-state index in [1.165, 1.54) is 0 Å². The largest absolute Gasteiger partial charge is 0.481 e. The molecule has 0 aromatic rings. The van der Waals surface area contributed by atoms with Crippen LogP contribution in [0.4, 0.5) is 0 Å². The molecule has 108 valence electrons. The maximum atomic E-state index is 11.2. The van der Waals surface area contributed by atoms with Gasteiger partial charge in [0.05, 0.1) is 12.8 Å². The van der Waals surface area contributed by atoms with Gasteiger partial charge in [-0.3, -0.25) is 14.4 Å². The third-order valence-electron chi connectivity index (χ3n) is 2.02. The molecular weight excluding hydrogens is 266 g/mol. The lowest BCUT2D eigenvalue weighted by Crippen LogP contribution is -2.44. The second-order valence-electron chi connectivity index (χ2n) is 3.71. The minimum Gasteiger partial charge on any atom is -0.481 e. The summed E-state index contributed by atoms with van der Waals surface area (Å²) < 4.78 is 4.33. The van der Waals surface area contributed by atoms with Crippen LogP contribution in [0.1, 0.15) is 12.8 Å². The standard InChI is InChI=1S/C9H13NO9/c10-4(7(14)15)3-19-6(13)2-9(18,8(16)17)1-5(11)12/h4,18H,1-3,10H2,(H,11,12)(H,14,15)(H,16,17). The summed E-state index contributed by atoms with van der Waals surface area (Å²) in [5.41, 5.74) is 2.20. The summed E-state index contributed by atoms with van der Waals surface area (Å²) in [5, 5.41) is 35.0. The lowest BCUT2D eigenvalue weighted by Gasteiger charge is -2.20. The predicted molar refractivity (Wildman–Crippen MR) is 56.0 cm³/mol. The summed E-state index contributed by atoms with van der Waals surface area (Å²) in [6.07, 6.45) is -2.34. The third-order valence-corrected chi connectivity index (χ3v) is 2.02. The molecule has 0 aromatic heterocycles. The Morgan fingerprint density at radius 3 is 2.00 bits per heavy atom. The van der Waals surface area contributed by atoms with E-state index in [9.17, 15) is 24.3 Å². The van der Waals surface area contributed by atoms with Crippen molar-refractivity contribution in [2.45, 2.75) is 24.5 Å². The van der Waals surface area contributed by atoms with Crippen LogP contribution in [0.15, 0.2) is 0 Å². The van der Waals surface area contributed by atoms with Gasteiger partial charge < -0.3 is 30.9 Å². The second-order valence-corrected chi connectivity index (χ2v) is 3.71. The number of carboxylic acid groups (broad SMARTS) is 3. The molecule has 0 saturated carbocycles. The average Bonchev–Trinajstić information content (AvgIpc) is 2.24. The van der Waals surface area contributed by atoms with Gasteiger partial charge in [-0.15, -0.1) is 0 Å². The molecule has 0 heterocycles. The van der Waals surface area contributed by atoms with Crippen LogP contribution < -0.4 is 5.73 Å². The third kappa shape index (κ3) is 5.79. The van der Waals surface area contributed by atoms with E-state index in [1.54, 1.807) is 0 Å². The van der Waals surface area contributed by atoms with Gasteiger partial charge in [-0.2, -0.15) is 0 Å². The lowest BCUT2D eigenvalue weighted by molar-refractivity contribution is -0.172. The van der Waals surface area contributed by atoms with Crippen molar-refractivity contribution in [1.82, 2.24) is 0 Å². The molecule has 0 saturated heterocycles. The Hall–Kier alpha value is -2.20. The Kier molecular flexibility index (Phi) is 5.89. The van der Waals surface area contributed by atoms with E-state index in [0.29, 0.717) is 0 Å². The van der Waals surface area contributed by atoms with E-state index in [-0.39, 0.29) is 0 Å². The highest BCUT2D eigenvalue weighted by Gasteiger charge is 2.41. The zero-order valence-corrected chi connectivity index (χ0v) is 9.61. The maximum Gasteiger partial charge on any atom is 0.336 e. The Labute approximate surface area is 106 Å². The first-order valence-corrected chi connectivity index (χ1v) is 4.90. The number of carbonyl (C=O) groups excluding carboxylic acids is 1. The molecule has 2 unspecified atom stereocenters. The number of ether oxygens (including phenoxy) is 1. The van der Waals surface area contributed by atoms with Gasteiger partial charge in [0, 0.05) is 0 Å². The van der Waals surface area contributed by atoms with Crippen LogP contribution in [0, 0.1) is 0 Å². The van der Waals surface area contributed by atoms with Crippen molar-refractivity contribution in [2.75, 3.05) is 6.61 Å². The summed E-state index contributed by atoms with van der Waals surface area (Å²) in [6.45, 7) is -0.725. The molecular formula is C9H13NO9. The lowest BCUT2D eigenvalue weighted by atomic mass is 9.96. The molecule has 0 aliphatic heterocycles. The molecule has 0 rings (SSSR count). The quantitative estimate of drug-likeness (QED) is 0.300. The van der Waals surface area contributed by atoms with E-state index in [4.69, 9.17) is 21.1 Å². The highest BCUT2D eigenvalue weighted by molar-refractivity contribution is 5.88. The molecule has 10 nitrogen and oxygen atoms in total. The van der Waals surface area contributed by atoms with E-state index in [0.717, 1.165) is 0 Å². The van der Waals surface area contributed by atoms with Crippen LogP contribution in [0.2, 0.25) is 0 Å². The minimum absolute atomic E-state index is 0.725. The average molecular weight is 279 g/mol. The molecule has 6 N–H and O–H groups in total. The monoisotopic (exact) mass is 279 g/mol. The van der Waals surface area contributed by atoms with Gasteiger partial charge in [-0.1, -0.05) is 0 Å². The van der Waals surface area contributed by atoms with Gasteiger partial charge >= 0.3 is 23.9 Å². The zero-order valence-electron chi connectivity index (χ0n) is 9.61. The van der Waals surface area contributed by atoms with Crippen molar-refractivity contribution in [3.8, 4) is 0 Å². The van der Waals surface area contributed by atoms with Crippen LogP contribution >= 0.6 is 0 Å². The van der Waals surface area contributed by atoms with Gasteiger partial charge in [0.25, 0.3) is 0 Å². The number of carboxylic acids is 3. The second kappa shape index (κ2) is 6.66. The minimum atomic E-state index is -2.82. The van der Waals surface area contributed by atoms with Gasteiger partial charge in [0.15, 0.2) is 5.60 Å². The molecule has 19 heavy (non-hydrogen) atoms. The Bertz CT molecular complexity index is 393. The van der Waals surface area contributed by atoms with Crippen LogP contribution in [0.25, 0.3) is 0 Å². The van der Waals surface area contributed by atoms with E-state index < -0.39 is 55.0 Å². The van der Waals surface area contributed by atoms with E-state index >= 15 is 0 Å². The fraction of sp³-hybridized carbons (Fsp3) is 0.556. The van der Waals surface area contributed by atoms with Crippen LogP contribution in [-0.4, -0.2) is 62.6 Å². The molecule has 10 heteroatoms. The number of rotatable bonds is 8. The topological polar surface area (TPSA) is 184 Å². The summed E-state index contributed by atoms with van der Waals surface area (Å²) in [7, 11) is 0. The predicted octanol–water partition coefficient (Wildman–Crippen LogP) is -2.38. The number of aliphatic carboxylic acids is 3. The summed E-state index contributed by atoms with van der Waals surface area (Å²) in [4.78, 5) is 42.6. The smallest absolute Gasteiger partial charge is 0.336 e. The van der Waals surface area contributed by atoms with E-state index in [1.807, 2.05) is 0 Å². The molecule has 0 fully saturated rings. The number of aliphatic hydroxyl groups is 1. The molecule has 0 amide bonds. The number of esters is 1. The van der Waals surface area contributed by atoms with Crippen molar-refractivity contribution in [3.05, 3.63) is 0 Å².